The number of aliphatic carboxylic acids is 1. The molecule has 0 radical (unpaired) electrons. The molecule has 0 heterocycles. The van der Waals surface area contributed by atoms with Crippen LogP contribution in [0.15, 0.2) is 0 Å². The minimum atomic E-state index is -0.896. The molecule has 5 heteroatoms. The fraction of sp³-hybridized carbons (Fsp3) is 0.846. The topological polar surface area (TPSA) is 78.4 Å². The first-order valence-electron chi connectivity index (χ1n) is 6.75. The molecule has 1 rings (SSSR count). The van der Waals surface area contributed by atoms with E-state index in [0.717, 1.165) is 37.5 Å². The van der Waals surface area contributed by atoms with Crippen LogP contribution in [0.3, 0.4) is 0 Å². The second-order valence-electron chi connectivity index (χ2n) is 5.40. The number of hydrogen-bond donors (Lipinski definition) is 3. The standard InChI is InChI=1S/C13H24N2O3/c1-9(2)10-3-5-11(6-4-10)15-13(18)14-8-7-12(16)17/h9-11H,3-8H2,1-2H3,(H,16,17)(H2,14,15,18). The van der Waals surface area contributed by atoms with Gasteiger partial charge in [0.05, 0.1) is 6.42 Å². The number of rotatable bonds is 5. The summed E-state index contributed by atoms with van der Waals surface area (Å²) in [5.41, 5.74) is 0. The summed E-state index contributed by atoms with van der Waals surface area (Å²) in [6.45, 7) is 4.68. The first kappa shape index (κ1) is 14.8. The van der Waals surface area contributed by atoms with Crippen molar-refractivity contribution in [1.29, 1.82) is 0 Å². The summed E-state index contributed by atoms with van der Waals surface area (Å²) in [5, 5.41) is 13.9. The van der Waals surface area contributed by atoms with Crippen LogP contribution in [-0.2, 0) is 4.79 Å². The highest BCUT2D eigenvalue weighted by Gasteiger charge is 2.23. The van der Waals surface area contributed by atoms with Crippen LogP contribution in [0, 0.1) is 11.8 Å². The molecule has 1 aliphatic carbocycles. The third-order valence-corrected chi connectivity index (χ3v) is 3.67. The van der Waals surface area contributed by atoms with E-state index in [-0.39, 0.29) is 25.0 Å². The van der Waals surface area contributed by atoms with Crippen LogP contribution in [0.1, 0.15) is 46.0 Å². The van der Waals surface area contributed by atoms with Crippen molar-refractivity contribution in [3.63, 3.8) is 0 Å². The van der Waals surface area contributed by atoms with Crippen LogP contribution in [0.2, 0.25) is 0 Å². The molecule has 0 spiro atoms. The molecule has 0 atom stereocenters. The number of carbonyl (C=O) groups is 2. The summed E-state index contributed by atoms with van der Waals surface area (Å²) >= 11 is 0. The fourth-order valence-electron chi connectivity index (χ4n) is 2.45. The van der Waals surface area contributed by atoms with Crippen LogP contribution in [0.25, 0.3) is 0 Å². The lowest BCUT2D eigenvalue weighted by Gasteiger charge is -2.31. The van der Waals surface area contributed by atoms with Gasteiger partial charge in [0.25, 0.3) is 0 Å². The highest BCUT2D eigenvalue weighted by molar-refractivity contribution is 5.75. The Hall–Kier alpha value is -1.26. The summed E-state index contributed by atoms with van der Waals surface area (Å²) in [4.78, 5) is 21.8. The van der Waals surface area contributed by atoms with Crippen LogP contribution in [-0.4, -0.2) is 29.7 Å². The summed E-state index contributed by atoms with van der Waals surface area (Å²) < 4.78 is 0. The summed E-state index contributed by atoms with van der Waals surface area (Å²) in [6.07, 6.45) is 4.34. The van der Waals surface area contributed by atoms with Crippen molar-refractivity contribution in [3.05, 3.63) is 0 Å². The Morgan fingerprint density at radius 1 is 1.22 bits per heavy atom. The maximum atomic E-state index is 11.5. The first-order valence-corrected chi connectivity index (χ1v) is 6.75. The van der Waals surface area contributed by atoms with Crippen LogP contribution >= 0.6 is 0 Å². The predicted octanol–water partition coefficient (Wildman–Crippen LogP) is 1.98. The number of carboxylic acid groups (broad SMARTS) is 1. The van der Waals surface area contributed by atoms with E-state index < -0.39 is 5.97 Å². The number of carboxylic acids is 1. The van der Waals surface area contributed by atoms with Crippen molar-refractivity contribution in [3.8, 4) is 0 Å². The van der Waals surface area contributed by atoms with E-state index in [1.165, 1.54) is 0 Å². The van der Waals surface area contributed by atoms with Gasteiger partial charge in [0, 0.05) is 12.6 Å². The Morgan fingerprint density at radius 2 is 1.83 bits per heavy atom. The van der Waals surface area contributed by atoms with Gasteiger partial charge in [-0.3, -0.25) is 4.79 Å². The lowest BCUT2D eigenvalue weighted by atomic mass is 9.80. The molecule has 1 fully saturated rings. The molecule has 0 aromatic carbocycles. The zero-order chi connectivity index (χ0) is 13.5. The van der Waals surface area contributed by atoms with Gasteiger partial charge in [-0.2, -0.15) is 0 Å². The zero-order valence-corrected chi connectivity index (χ0v) is 11.2. The summed E-state index contributed by atoms with van der Waals surface area (Å²) in [5.74, 6) is 0.598. The van der Waals surface area contributed by atoms with Gasteiger partial charge in [-0.1, -0.05) is 13.8 Å². The number of amides is 2. The van der Waals surface area contributed by atoms with Crippen molar-refractivity contribution in [1.82, 2.24) is 10.6 Å². The van der Waals surface area contributed by atoms with Gasteiger partial charge in [-0.15, -0.1) is 0 Å². The SMILES string of the molecule is CC(C)C1CCC(NC(=O)NCCC(=O)O)CC1. The van der Waals surface area contributed by atoms with Gasteiger partial charge < -0.3 is 15.7 Å². The van der Waals surface area contributed by atoms with Gasteiger partial charge in [0.2, 0.25) is 0 Å². The Labute approximate surface area is 108 Å². The summed E-state index contributed by atoms with van der Waals surface area (Å²) in [7, 11) is 0. The molecule has 104 valence electrons. The van der Waals surface area contributed by atoms with Gasteiger partial charge >= 0.3 is 12.0 Å². The monoisotopic (exact) mass is 256 g/mol. The number of hydrogen-bond acceptors (Lipinski definition) is 2. The molecule has 0 bridgehead atoms. The Balaban J connectivity index is 2.16. The molecule has 0 aliphatic heterocycles. The minimum Gasteiger partial charge on any atom is -0.481 e. The molecule has 3 N–H and O–H groups in total. The highest BCUT2D eigenvalue weighted by atomic mass is 16.4. The molecule has 2 amide bonds. The van der Waals surface area contributed by atoms with Crippen molar-refractivity contribution in [2.75, 3.05) is 6.54 Å². The lowest BCUT2D eigenvalue weighted by molar-refractivity contribution is -0.136. The van der Waals surface area contributed by atoms with E-state index in [9.17, 15) is 9.59 Å². The third kappa shape index (κ3) is 5.38. The van der Waals surface area contributed by atoms with E-state index in [0.29, 0.717) is 0 Å². The van der Waals surface area contributed by atoms with Gasteiger partial charge in [-0.05, 0) is 37.5 Å². The van der Waals surface area contributed by atoms with Crippen molar-refractivity contribution < 1.29 is 14.7 Å². The Bertz CT molecular complexity index is 284. The molecule has 0 saturated heterocycles. The van der Waals surface area contributed by atoms with E-state index in [2.05, 4.69) is 24.5 Å². The van der Waals surface area contributed by atoms with E-state index in [4.69, 9.17) is 5.11 Å². The van der Waals surface area contributed by atoms with E-state index in [1.54, 1.807) is 0 Å². The molecule has 0 aromatic rings. The van der Waals surface area contributed by atoms with Crippen molar-refractivity contribution in [2.45, 2.75) is 52.0 Å². The molecule has 1 aliphatic rings. The zero-order valence-electron chi connectivity index (χ0n) is 11.2. The second-order valence-corrected chi connectivity index (χ2v) is 5.40. The van der Waals surface area contributed by atoms with Crippen molar-refractivity contribution in [2.24, 2.45) is 11.8 Å². The van der Waals surface area contributed by atoms with Crippen LogP contribution in [0.4, 0.5) is 4.79 Å². The lowest BCUT2D eigenvalue weighted by Crippen LogP contribution is -2.44. The average molecular weight is 256 g/mol. The van der Waals surface area contributed by atoms with Gasteiger partial charge in [-0.25, -0.2) is 4.79 Å². The van der Waals surface area contributed by atoms with Gasteiger partial charge in [0.1, 0.15) is 0 Å². The molecular formula is C13H24N2O3. The Kier molecular flexibility index (Phi) is 5.95. The average Bonchev–Trinajstić information content (AvgIpc) is 2.29. The summed E-state index contributed by atoms with van der Waals surface area (Å²) in [6, 6.07) is -0.00549. The Morgan fingerprint density at radius 3 is 2.33 bits per heavy atom. The van der Waals surface area contributed by atoms with Gasteiger partial charge in [0.15, 0.2) is 0 Å². The number of urea groups is 1. The quantitative estimate of drug-likeness (QED) is 0.703. The molecule has 0 aromatic heterocycles. The predicted molar refractivity (Wildman–Crippen MR) is 69.4 cm³/mol. The normalized spacial score (nSPS) is 23.7. The van der Waals surface area contributed by atoms with E-state index >= 15 is 0 Å². The van der Waals surface area contributed by atoms with Crippen LogP contribution < -0.4 is 10.6 Å². The molecule has 0 unspecified atom stereocenters. The molecule has 5 nitrogen and oxygen atoms in total. The minimum absolute atomic E-state index is 0.0342. The second kappa shape index (κ2) is 7.24. The maximum absolute atomic E-state index is 11.5. The molecular weight excluding hydrogens is 232 g/mol. The maximum Gasteiger partial charge on any atom is 0.315 e. The van der Waals surface area contributed by atoms with E-state index in [1.807, 2.05) is 0 Å². The van der Waals surface area contributed by atoms with Crippen LogP contribution in [0.5, 0.6) is 0 Å². The largest absolute Gasteiger partial charge is 0.481 e. The van der Waals surface area contributed by atoms with Crippen molar-refractivity contribution >= 4 is 12.0 Å². The smallest absolute Gasteiger partial charge is 0.315 e. The highest BCUT2D eigenvalue weighted by Crippen LogP contribution is 2.29. The number of nitrogens with one attached hydrogen (secondary N) is 2. The fourth-order valence-corrected chi connectivity index (χ4v) is 2.45. The first-order chi connectivity index (χ1) is 8.49. The molecule has 1 saturated carbocycles. The number of carbonyl (C=O) groups excluding carboxylic acids is 1. The third-order valence-electron chi connectivity index (χ3n) is 3.67. The molecule has 18 heavy (non-hydrogen) atoms.